The average molecular weight is 468 g/mol. The average Bonchev–Trinajstić information content (AvgIpc) is 3.30. The third-order valence-electron chi connectivity index (χ3n) is 4.47. The van der Waals surface area contributed by atoms with Gasteiger partial charge < -0.3 is 9.73 Å². The zero-order valence-corrected chi connectivity index (χ0v) is 17.0. The van der Waals surface area contributed by atoms with Crippen LogP contribution in [0.2, 0.25) is 0 Å². The van der Waals surface area contributed by atoms with Gasteiger partial charge in [-0.15, -0.1) is 0 Å². The lowest BCUT2D eigenvalue weighted by Gasteiger charge is -2.11. The van der Waals surface area contributed by atoms with Gasteiger partial charge in [0.05, 0.1) is 11.5 Å². The Bertz CT molecular complexity index is 1180. The van der Waals surface area contributed by atoms with Gasteiger partial charge in [-0.25, -0.2) is 4.79 Å². The summed E-state index contributed by atoms with van der Waals surface area (Å²) < 4.78 is 6.59. The number of halogens is 1. The molecule has 1 fully saturated rings. The first-order valence-electron chi connectivity index (χ1n) is 8.84. The lowest BCUT2D eigenvalue weighted by atomic mass is 10.1. The number of nitrogens with one attached hydrogen (secondary N) is 1. The molecule has 1 saturated heterocycles. The number of amides is 3. The second-order valence-corrected chi connectivity index (χ2v) is 7.43. The van der Waals surface area contributed by atoms with Crippen LogP contribution in [0.4, 0.5) is 10.5 Å². The molecule has 9 heteroatoms. The minimum Gasteiger partial charge on any atom is -0.457 e. The summed E-state index contributed by atoms with van der Waals surface area (Å²) in [5.74, 6) is 0.288. The first kappa shape index (κ1) is 19.6. The summed E-state index contributed by atoms with van der Waals surface area (Å²) in [5, 5.41) is 13.5. The zero-order valence-electron chi connectivity index (χ0n) is 15.4. The van der Waals surface area contributed by atoms with Crippen LogP contribution in [0.1, 0.15) is 11.3 Å². The van der Waals surface area contributed by atoms with Crippen molar-refractivity contribution in [1.82, 2.24) is 10.2 Å². The zero-order chi connectivity index (χ0) is 21.3. The third kappa shape index (κ3) is 4.01. The summed E-state index contributed by atoms with van der Waals surface area (Å²) in [5.41, 5.74) is 1.39. The number of non-ortho nitro benzene ring substituents is 1. The third-order valence-corrected chi connectivity index (χ3v) is 5.00. The summed E-state index contributed by atoms with van der Waals surface area (Å²) in [7, 11) is 0. The maximum absolute atomic E-state index is 12.6. The van der Waals surface area contributed by atoms with Gasteiger partial charge in [0.25, 0.3) is 11.6 Å². The highest BCUT2D eigenvalue weighted by atomic mass is 79.9. The molecule has 0 bridgehead atoms. The topological polar surface area (TPSA) is 106 Å². The molecule has 1 N–H and O–H groups in total. The Morgan fingerprint density at radius 1 is 1.10 bits per heavy atom. The maximum atomic E-state index is 12.6. The molecule has 1 aliphatic heterocycles. The Labute approximate surface area is 179 Å². The van der Waals surface area contributed by atoms with E-state index in [-0.39, 0.29) is 17.9 Å². The van der Waals surface area contributed by atoms with Crippen LogP contribution in [0.5, 0.6) is 0 Å². The number of nitrogens with zero attached hydrogens (tertiary/aromatic N) is 2. The van der Waals surface area contributed by atoms with E-state index in [1.54, 1.807) is 24.3 Å². The summed E-state index contributed by atoms with van der Waals surface area (Å²) in [6.45, 7) is 0.145. The Morgan fingerprint density at radius 3 is 2.60 bits per heavy atom. The summed E-state index contributed by atoms with van der Waals surface area (Å²) in [6.07, 6.45) is 1.43. The van der Waals surface area contributed by atoms with E-state index in [0.717, 1.165) is 14.9 Å². The van der Waals surface area contributed by atoms with Crippen LogP contribution in [0.15, 0.2) is 75.3 Å². The SMILES string of the molecule is O=C1NC(=Cc2ccc(-c3cccc([N+](=O)[O-])c3)o2)C(=O)N1Cc1ccc(Br)cc1. The van der Waals surface area contributed by atoms with E-state index in [4.69, 9.17) is 4.42 Å². The molecule has 3 amide bonds. The monoisotopic (exact) mass is 467 g/mol. The van der Waals surface area contributed by atoms with Gasteiger partial charge in [0.2, 0.25) is 0 Å². The van der Waals surface area contributed by atoms with Crippen LogP contribution >= 0.6 is 15.9 Å². The molecule has 1 aliphatic rings. The van der Waals surface area contributed by atoms with Gasteiger partial charge in [-0.05, 0) is 29.8 Å². The highest BCUT2D eigenvalue weighted by molar-refractivity contribution is 9.10. The van der Waals surface area contributed by atoms with Crippen LogP contribution in [-0.2, 0) is 11.3 Å². The van der Waals surface area contributed by atoms with Crippen LogP contribution in [0.25, 0.3) is 17.4 Å². The summed E-state index contributed by atoms with van der Waals surface area (Å²) >= 11 is 3.35. The standard InChI is InChI=1S/C21H14BrN3O5/c22-15-6-4-13(5-7-15)12-24-20(26)18(23-21(24)27)11-17-8-9-19(30-17)14-2-1-3-16(10-14)25(28)29/h1-11H,12H2,(H,23,27). The van der Waals surface area contributed by atoms with E-state index in [1.165, 1.54) is 18.2 Å². The van der Waals surface area contributed by atoms with E-state index in [0.29, 0.717) is 17.1 Å². The molecule has 8 nitrogen and oxygen atoms in total. The molecule has 150 valence electrons. The van der Waals surface area contributed by atoms with Crippen molar-refractivity contribution in [3.63, 3.8) is 0 Å². The number of furan rings is 1. The van der Waals surface area contributed by atoms with Gasteiger partial charge in [-0.1, -0.05) is 40.2 Å². The van der Waals surface area contributed by atoms with E-state index in [2.05, 4.69) is 21.2 Å². The fourth-order valence-electron chi connectivity index (χ4n) is 2.99. The predicted octanol–water partition coefficient (Wildman–Crippen LogP) is 4.71. The highest BCUT2D eigenvalue weighted by Crippen LogP contribution is 2.27. The molecule has 2 aromatic carbocycles. The number of hydrogen-bond donors (Lipinski definition) is 1. The first-order valence-corrected chi connectivity index (χ1v) is 9.63. The highest BCUT2D eigenvalue weighted by Gasteiger charge is 2.33. The minimum absolute atomic E-state index is 0.0503. The second-order valence-electron chi connectivity index (χ2n) is 6.52. The Morgan fingerprint density at radius 2 is 1.87 bits per heavy atom. The van der Waals surface area contributed by atoms with Gasteiger partial charge in [0, 0.05) is 28.2 Å². The Hall–Kier alpha value is -3.72. The van der Waals surface area contributed by atoms with E-state index < -0.39 is 16.9 Å². The largest absolute Gasteiger partial charge is 0.457 e. The molecule has 0 atom stereocenters. The van der Waals surface area contributed by atoms with Crippen molar-refractivity contribution in [1.29, 1.82) is 0 Å². The van der Waals surface area contributed by atoms with Crippen molar-refractivity contribution in [3.05, 3.63) is 92.3 Å². The van der Waals surface area contributed by atoms with Gasteiger partial charge in [0.1, 0.15) is 17.2 Å². The van der Waals surface area contributed by atoms with Crippen LogP contribution in [-0.4, -0.2) is 21.8 Å². The van der Waals surface area contributed by atoms with Crippen molar-refractivity contribution in [2.24, 2.45) is 0 Å². The molecule has 0 aliphatic carbocycles. The van der Waals surface area contributed by atoms with E-state index in [9.17, 15) is 19.7 Å². The van der Waals surface area contributed by atoms with Crippen molar-refractivity contribution in [2.75, 3.05) is 0 Å². The molecule has 30 heavy (non-hydrogen) atoms. The van der Waals surface area contributed by atoms with Crippen molar-refractivity contribution in [2.45, 2.75) is 6.54 Å². The number of rotatable bonds is 5. The number of carbonyl (C=O) groups is 2. The van der Waals surface area contributed by atoms with Crippen molar-refractivity contribution >= 4 is 39.6 Å². The summed E-state index contributed by atoms with van der Waals surface area (Å²) in [4.78, 5) is 36.4. The number of nitro benzene ring substituents is 1. The molecule has 3 aromatic rings. The lowest BCUT2D eigenvalue weighted by Crippen LogP contribution is -2.30. The quantitative estimate of drug-likeness (QED) is 0.253. The number of urea groups is 1. The molecule has 0 saturated carbocycles. The Balaban J connectivity index is 1.53. The number of nitro groups is 1. The first-order chi connectivity index (χ1) is 14.4. The van der Waals surface area contributed by atoms with Gasteiger partial charge in [-0.2, -0.15) is 0 Å². The summed E-state index contributed by atoms with van der Waals surface area (Å²) in [6, 6.07) is 16.1. The molecule has 0 spiro atoms. The van der Waals surface area contributed by atoms with Gasteiger partial charge >= 0.3 is 6.03 Å². The molecule has 0 radical (unpaired) electrons. The van der Waals surface area contributed by atoms with Crippen LogP contribution < -0.4 is 5.32 Å². The Kier molecular flexibility index (Phi) is 5.20. The fourth-order valence-corrected chi connectivity index (χ4v) is 3.25. The van der Waals surface area contributed by atoms with Crippen molar-refractivity contribution < 1.29 is 18.9 Å². The number of benzene rings is 2. The number of hydrogen-bond acceptors (Lipinski definition) is 5. The second kappa shape index (κ2) is 7.96. The lowest BCUT2D eigenvalue weighted by molar-refractivity contribution is -0.384. The van der Waals surface area contributed by atoms with Crippen molar-refractivity contribution in [3.8, 4) is 11.3 Å². The maximum Gasteiger partial charge on any atom is 0.329 e. The molecular formula is C21H14BrN3O5. The van der Waals surface area contributed by atoms with Gasteiger partial charge in [-0.3, -0.25) is 19.8 Å². The normalized spacial score (nSPS) is 15.0. The van der Waals surface area contributed by atoms with Crippen LogP contribution in [0, 0.1) is 10.1 Å². The number of carbonyl (C=O) groups excluding carboxylic acids is 2. The molecule has 4 rings (SSSR count). The molecule has 1 aromatic heterocycles. The predicted molar refractivity (Wildman–Crippen MR) is 112 cm³/mol. The molecular weight excluding hydrogens is 454 g/mol. The molecule has 2 heterocycles. The smallest absolute Gasteiger partial charge is 0.329 e. The molecule has 0 unspecified atom stereocenters. The minimum atomic E-state index is -0.514. The van der Waals surface area contributed by atoms with E-state index >= 15 is 0 Å². The van der Waals surface area contributed by atoms with Crippen LogP contribution in [0.3, 0.4) is 0 Å². The van der Waals surface area contributed by atoms with E-state index in [1.807, 2.05) is 24.3 Å². The van der Waals surface area contributed by atoms with Gasteiger partial charge in [0.15, 0.2) is 0 Å². The fraction of sp³-hybridized carbons (Fsp3) is 0.0476. The number of imide groups is 1.